The lowest BCUT2D eigenvalue weighted by Crippen LogP contribution is -2.16. The van der Waals surface area contributed by atoms with Crippen molar-refractivity contribution in [3.63, 3.8) is 0 Å². The van der Waals surface area contributed by atoms with Gasteiger partial charge in [-0.3, -0.25) is 10.1 Å². The van der Waals surface area contributed by atoms with Crippen LogP contribution >= 0.6 is 0 Å². The van der Waals surface area contributed by atoms with Gasteiger partial charge in [-0.1, -0.05) is 0 Å². The molecule has 1 heterocycles. The SMILES string of the molecule is CCOCC(C)n1nc(C)c([N+](=O)[O-])c1N. The predicted octanol–water partition coefficient (Wildman–Crippen LogP) is 1.28. The number of anilines is 1. The van der Waals surface area contributed by atoms with E-state index >= 15 is 0 Å². The van der Waals surface area contributed by atoms with Crippen molar-refractivity contribution in [3.8, 4) is 0 Å². The second kappa shape index (κ2) is 4.93. The van der Waals surface area contributed by atoms with E-state index in [4.69, 9.17) is 10.5 Å². The van der Waals surface area contributed by atoms with Gasteiger partial charge >= 0.3 is 5.69 Å². The van der Waals surface area contributed by atoms with Crippen molar-refractivity contribution < 1.29 is 9.66 Å². The molecule has 0 saturated heterocycles. The molecule has 0 aliphatic carbocycles. The molecular formula is C9H16N4O3. The molecule has 0 saturated carbocycles. The van der Waals surface area contributed by atoms with Crippen molar-refractivity contribution in [1.29, 1.82) is 0 Å². The normalized spacial score (nSPS) is 12.7. The molecule has 0 spiro atoms. The lowest BCUT2D eigenvalue weighted by molar-refractivity contribution is -0.384. The highest BCUT2D eigenvalue weighted by Gasteiger charge is 2.25. The Kier molecular flexibility index (Phi) is 3.83. The van der Waals surface area contributed by atoms with Gasteiger partial charge in [0.15, 0.2) is 0 Å². The summed E-state index contributed by atoms with van der Waals surface area (Å²) in [5, 5.41) is 14.8. The maximum absolute atomic E-state index is 10.7. The molecular weight excluding hydrogens is 212 g/mol. The number of rotatable bonds is 5. The summed E-state index contributed by atoms with van der Waals surface area (Å²) in [6, 6.07) is -0.118. The van der Waals surface area contributed by atoms with Crippen LogP contribution in [0.15, 0.2) is 0 Å². The third-order valence-corrected chi connectivity index (χ3v) is 2.25. The molecule has 0 radical (unpaired) electrons. The van der Waals surface area contributed by atoms with E-state index in [1.165, 1.54) is 4.68 Å². The fraction of sp³-hybridized carbons (Fsp3) is 0.667. The molecule has 0 aliphatic heterocycles. The topological polar surface area (TPSA) is 96.2 Å². The maximum Gasteiger partial charge on any atom is 0.333 e. The average Bonchev–Trinajstić information content (AvgIpc) is 2.50. The van der Waals surface area contributed by atoms with Crippen LogP contribution in [0.2, 0.25) is 0 Å². The number of nitrogen functional groups attached to an aromatic ring is 1. The number of nitrogens with zero attached hydrogens (tertiary/aromatic N) is 3. The molecule has 0 amide bonds. The van der Waals surface area contributed by atoms with Gasteiger partial charge in [-0.05, 0) is 20.8 Å². The van der Waals surface area contributed by atoms with E-state index < -0.39 is 4.92 Å². The maximum atomic E-state index is 10.7. The molecule has 16 heavy (non-hydrogen) atoms. The van der Waals surface area contributed by atoms with Gasteiger partial charge < -0.3 is 10.5 Å². The largest absolute Gasteiger partial charge is 0.380 e. The summed E-state index contributed by atoms with van der Waals surface area (Å²) in [6.07, 6.45) is 0. The minimum atomic E-state index is -0.512. The fourth-order valence-electron chi connectivity index (χ4n) is 1.48. The first kappa shape index (κ1) is 12.4. The third kappa shape index (κ3) is 2.30. The quantitative estimate of drug-likeness (QED) is 0.604. The highest BCUT2D eigenvalue weighted by atomic mass is 16.6. The van der Waals surface area contributed by atoms with Crippen molar-refractivity contribution in [2.45, 2.75) is 26.8 Å². The van der Waals surface area contributed by atoms with Crippen molar-refractivity contribution in [1.82, 2.24) is 9.78 Å². The summed E-state index contributed by atoms with van der Waals surface area (Å²) in [5.74, 6) is 0.0784. The summed E-state index contributed by atoms with van der Waals surface area (Å²) < 4.78 is 6.66. The first-order chi connectivity index (χ1) is 7.49. The molecule has 7 nitrogen and oxygen atoms in total. The number of aromatic nitrogens is 2. The van der Waals surface area contributed by atoms with Crippen LogP contribution in [0.5, 0.6) is 0 Å². The third-order valence-electron chi connectivity index (χ3n) is 2.25. The second-order valence-electron chi connectivity index (χ2n) is 3.53. The highest BCUT2D eigenvalue weighted by Crippen LogP contribution is 2.27. The molecule has 1 atom stereocenters. The van der Waals surface area contributed by atoms with Gasteiger partial charge in [0.2, 0.25) is 5.82 Å². The predicted molar refractivity (Wildman–Crippen MR) is 59.2 cm³/mol. The molecule has 0 aromatic carbocycles. The highest BCUT2D eigenvalue weighted by molar-refractivity contribution is 5.56. The average molecular weight is 228 g/mol. The van der Waals surface area contributed by atoms with E-state index in [1.807, 2.05) is 13.8 Å². The van der Waals surface area contributed by atoms with Crippen LogP contribution in [0.4, 0.5) is 11.5 Å². The Morgan fingerprint density at radius 3 is 2.75 bits per heavy atom. The first-order valence-corrected chi connectivity index (χ1v) is 5.05. The lowest BCUT2D eigenvalue weighted by atomic mass is 10.3. The van der Waals surface area contributed by atoms with Gasteiger partial charge in [-0.15, -0.1) is 0 Å². The van der Waals surface area contributed by atoms with Gasteiger partial charge in [-0.2, -0.15) is 5.10 Å². The van der Waals surface area contributed by atoms with Gasteiger partial charge in [-0.25, -0.2) is 4.68 Å². The zero-order chi connectivity index (χ0) is 12.3. The van der Waals surface area contributed by atoms with Gasteiger partial charge in [0.1, 0.15) is 5.69 Å². The molecule has 1 rings (SSSR count). The van der Waals surface area contributed by atoms with Crippen molar-refractivity contribution in [2.24, 2.45) is 0 Å². The lowest BCUT2D eigenvalue weighted by Gasteiger charge is -2.12. The Morgan fingerprint density at radius 1 is 1.69 bits per heavy atom. The molecule has 0 bridgehead atoms. The van der Waals surface area contributed by atoms with E-state index in [0.717, 1.165) is 0 Å². The Labute approximate surface area is 93.3 Å². The molecule has 1 aromatic heterocycles. The van der Waals surface area contributed by atoms with Crippen LogP contribution in [0, 0.1) is 17.0 Å². The fourth-order valence-corrected chi connectivity index (χ4v) is 1.48. The monoisotopic (exact) mass is 228 g/mol. The molecule has 1 unspecified atom stereocenters. The molecule has 1 aromatic rings. The zero-order valence-corrected chi connectivity index (χ0v) is 9.64. The van der Waals surface area contributed by atoms with Gasteiger partial charge in [0.05, 0.1) is 17.6 Å². The van der Waals surface area contributed by atoms with E-state index in [0.29, 0.717) is 18.9 Å². The molecule has 7 heteroatoms. The Balaban J connectivity index is 2.98. The number of hydrogen-bond acceptors (Lipinski definition) is 5. The second-order valence-corrected chi connectivity index (χ2v) is 3.53. The van der Waals surface area contributed by atoms with Crippen molar-refractivity contribution in [3.05, 3.63) is 15.8 Å². The van der Waals surface area contributed by atoms with E-state index in [1.54, 1.807) is 6.92 Å². The number of ether oxygens (including phenoxy) is 1. The van der Waals surface area contributed by atoms with Crippen LogP contribution in [-0.4, -0.2) is 27.9 Å². The molecule has 0 aliphatic rings. The summed E-state index contributed by atoms with van der Waals surface area (Å²) in [6.45, 7) is 6.32. The molecule has 90 valence electrons. The van der Waals surface area contributed by atoms with Crippen molar-refractivity contribution >= 4 is 11.5 Å². The van der Waals surface area contributed by atoms with Crippen LogP contribution in [0.3, 0.4) is 0 Å². The van der Waals surface area contributed by atoms with Crippen molar-refractivity contribution in [2.75, 3.05) is 18.9 Å². The molecule has 0 fully saturated rings. The number of hydrogen-bond donors (Lipinski definition) is 1. The first-order valence-electron chi connectivity index (χ1n) is 5.05. The number of nitrogens with two attached hydrogens (primary N) is 1. The summed E-state index contributed by atoms with van der Waals surface area (Å²) >= 11 is 0. The summed E-state index contributed by atoms with van der Waals surface area (Å²) in [7, 11) is 0. The smallest absolute Gasteiger partial charge is 0.333 e. The van der Waals surface area contributed by atoms with Gasteiger partial charge in [0, 0.05) is 6.61 Å². The van der Waals surface area contributed by atoms with Crippen LogP contribution < -0.4 is 5.73 Å². The Morgan fingerprint density at radius 2 is 2.31 bits per heavy atom. The summed E-state index contributed by atoms with van der Waals surface area (Å²) in [4.78, 5) is 10.2. The Bertz CT molecular complexity index is 388. The Hall–Kier alpha value is -1.63. The standard InChI is InChI=1S/C9H16N4O3/c1-4-16-5-6(2)12-9(10)8(13(14)15)7(3)11-12/h6H,4-5,10H2,1-3H3. The minimum Gasteiger partial charge on any atom is -0.380 e. The molecule has 2 N–H and O–H groups in total. The zero-order valence-electron chi connectivity index (χ0n) is 9.64. The van der Waals surface area contributed by atoms with E-state index in [2.05, 4.69) is 5.10 Å². The van der Waals surface area contributed by atoms with Crippen LogP contribution in [-0.2, 0) is 4.74 Å². The number of nitro groups is 1. The van der Waals surface area contributed by atoms with Gasteiger partial charge in [0.25, 0.3) is 0 Å². The van der Waals surface area contributed by atoms with E-state index in [-0.39, 0.29) is 17.5 Å². The van der Waals surface area contributed by atoms with Crippen LogP contribution in [0.25, 0.3) is 0 Å². The summed E-state index contributed by atoms with van der Waals surface area (Å²) in [5.41, 5.74) is 5.88. The number of aryl methyl sites for hydroxylation is 1. The minimum absolute atomic E-state index is 0.0784. The van der Waals surface area contributed by atoms with Crippen LogP contribution in [0.1, 0.15) is 25.6 Å². The van der Waals surface area contributed by atoms with E-state index in [9.17, 15) is 10.1 Å².